The van der Waals surface area contributed by atoms with Gasteiger partial charge in [0.25, 0.3) is 11.1 Å². The van der Waals surface area contributed by atoms with Crippen molar-refractivity contribution in [3.63, 3.8) is 0 Å². The van der Waals surface area contributed by atoms with Gasteiger partial charge in [-0.1, -0.05) is 17.8 Å². The summed E-state index contributed by atoms with van der Waals surface area (Å²) in [5, 5.41) is 13.3. The lowest BCUT2D eigenvalue weighted by atomic mass is 10.2. The summed E-state index contributed by atoms with van der Waals surface area (Å²) >= 11 is 0.972. The third-order valence-electron chi connectivity index (χ3n) is 3.18. The molecule has 1 aromatic carbocycles. The Morgan fingerprint density at radius 3 is 2.91 bits per heavy atom. The van der Waals surface area contributed by atoms with Gasteiger partial charge in [0.05, 0.1) is 11.4 Å². The predicted octanol–water partition coefficient (Wildman–Crippen LogP) is 0.0875. The van der Waals surface area contributed by atoms with Crippen molar-refractivity contribution in [3.05, 3.63) is 36.2 Å². The number of nitrogens with zero attached hydrogens (tertiary/aromatic N) is 5. The SMILES string of the molecule is O=C(NCCN1C(=O)CSC1=O)c1cccc(-n2cnnn2)c1. The van der Waals surface area contributed by atoms with Gasteiger partial charge in [0.15, 0.2) is 0 Å². The van der Waals surface area contributed by atoms with Crippen LogP contribution >= 0.6 is 11.8 Å². The first-order chi connectivity index (χ1) is 11.1. The van der Waals surface area contributed by atoms with Crippen molar-refractivity contribution in [1.29, 1.82) is 0 Å². The first-order valence-corrected chi connectivity index (χ1v) is 7.72. The Morgan fingerprint density at radius 2 is 2.22 bits per heavy atom. The van der Waals surface area contributed by atoms with Crippen LogP contribution in [0.15, 0.2) is 30.6 Å². The van der Waals surface area contributed by atoms with Crippen LogP contribution < -0.4 is 5.32 Å². The molecule has 0 spiro atoms. The standard InChI is InChI=1S/C13H12N6O3S/c20-11-7-23-13(22)18(11)5-4-14-12(21)9-2-1-3-10(6-9)19-8-15-16-17-19/h1-3,6,8H,4-5,7H2,(H,14,21). The summed E-state index contributed by atoms with van der Waals surface area (Å²) in [5.74, 6) is -0.359. The van der Waals surface area contributed by atoms with Gasteiger partial charge in [-0.3, -0.25) is 19.3 Å². The zero-order valence-electron chi connectivity index (χ0n) is 11.9. The van der Waals surface area contributed by atoms with Gasteiger partial charge in [0.1, 0.15) is 6.33 Å². The Hall–Kier alpha value is -2.75. The highest BCUT2D eigenvalue weighted by Gasteiger charge is 2.29. The average molecular weight is 332 g/mol. The van der Waals surface area contributed by atoms with E-state index in [2.05, 4.69) is 20.8 Å². The van der Waals surface area contributed by atoms with Crippen molar-refractivity contribution in [2.75, 3.05) is 18.8 Å². The van der Waals surface area contributed by atoms with E-state index in [-0.39, 0.29) is 35.9 Å². The van der Waals surface area contributed by atoms with E-state index in [9.17, 15) is 14.4 Å². The molecule has 1 aliphatic heterocycles. The second-order valence-electron chi connectivity index (χ2n) is 4.66. The number of carbonyl (C=O) groups is 3. The van der Waals surface area contributed by atoms with E-state index >= 15 is 0 Å². The van der Waals surface area contributed by atoms with Crippen molar-refractivity contribution in [2.24, 2.45) is 0 Å². The highest BCUT2D eigenvalue weighted by atomic mass is 32.2. The van der Waals surface area contributed by atoms with Gasteiger partial charge in [0.2, 0.25) is 5.91 Å². The molecule has 1 saturated heterocycles. The van der Waals surface area contributed by atoms with Gasteiger partial charge in [0, 0.05) is 18.7 Å². The van der Waals surface area contributed by atoms with Crippen molar-refractivity contribution in [2.45, 2.75) is 0 Å². The van der Waals surface area contributed by atoms with Crippen molar-refractivity contribution < 1.29 is 14.4 Å². The first-order valence-electron chi connectivity index (χ1n) is 6.74. The Kier molecular flexibility index (Phi) is 4.33. The monoisotopic (exact) mass is 332 g/mol. The molecule has 1 aliphatic rings. The predicted molar refractivity (Wildman–Crippen MR) is 81.1 cm³/mol. The van der Waals surface area contributed by atoms with Gasteiger partial charge >= 0.3 is 0 Å². The molecule has 0 unspecified atom stereocenters. The number of nitrogens with one attached hydrogen (secondary N) is 1. The Labute approximate surface area is 135 Å². The van der Waals surface area contributed by atoms with Crippen molar-refractivity contribution in [3.8, 4) is 5.69 Å². The van der Waals surface area contributed by atoms with Gasteiger partial charge < -0.3 is 5.32 Å². The van der Waals surface area contributed by atoms with Gasteiger partial charge in [-0.15, -0.1) is 5.10 Å². The Bertz CT molecular complexity index is 732. The van der Waals surface area contributed by atoms with E-state index in [0.29, 0.717) is 11.3 Å². The molecule has 23 heavy (non-hydrogen) atoms. The fourth-order valence-electron chi connectivity index (χ4n) is 2.05. The third-order valence-corrected chi connectivity index (χ3v) is 4.04. The Morgan fingerprint density at radius 1 is 1.35 bits per heavy atom. The molecule has 0 radical (unpaired) electrons. The minimum absolute atomic E-state index is 0.167. The minimum atomic E-state index is -0.299. The molecular weight excluding hydrogens is 320 g/mol. The number of hydrogen-bond acceptors (Lipinski definition) is 7. The number of hydrogen-bond donors (Lipinski definition) is 1. The van der Waals surface area contributed by atoms with Crippen LogP contribution in [0.4, 0.5) is 4.79 Å². The van der Waals surface area contributed by atoms with E-state index < -0.39 is 0 Å². The summed E-state index contributed by atoms with van der Waals surface area (Å²) in [6.07, 6.45) is 1.43. The molecule has 10 heteroatoms. The Balaban J connectivity index is 1.59. The van der Waals surface area contributed by atoms with Crippen LogP contribution in [0.3, 0.4) is 0 Å². The molecule has 0 aliphatic carbocycles. The summed E-state index contributed by atoms with van der Waals surface area (Å²) in [6.45, 7) is 0.370. The number of benzene rings is 1. The molecule has 2 heterocycles. The smallest absolute Gasteiger partial charge is 0.288 e. The largest absolute Gasteiger partial charge is 0.350 e. The molecule has 0 saturated carbocycles. The summed E-state index contributed by atoms with van der Waals surface area (Å²) in [6, 6.07) is 6.79. The molecule has 1 fully saturated rings. The van der Waals surface area contributed by atoms with Crippen LogP contribution in [0, 0.1) is 0 Å². The molecule has 0 bridgehead atoms. The van der Waals surface area contributed by atoms with E-state index in [0.717, 1.165) is 16.7 Å². The molecule has 3 amide bonds. The molecule has 118 valence electrons. The van der Waals surface area contributed by atoms with Gasteiger partial charge in [-0.25, -0.2) is 4.68 Å². The summed E-state index contributed by atoms with van der Waals surface area (Å²) in [4.78, 5) is 36.2. The maximum atomic E-state index is 12.1. The number of imide groups is 1. The van der Waals surface area contributed by atoms with Crippen LogP contribution in [-0.4, -0.2) is 61.0 Å². The van der Waals surface area contributed by atoms with Crippen molar-refractivity contribution in [1.82, 2.24) is 30.4 Å². The highest BCUT2D eigenvalue weighted by Crippen LogP contribution is 2.17. The molecule has 1 N–H and O–H groups in total. The lowest BCUT2D eigenvalue weighted by Gasteiger charge is -2.13. The topological polar surface area (TPSA) is 110 Å². The molecule has 3 rings (SSSR count). The van der Waals surface area contributed by atoms with E-state index in [1.807, 2.05) is 0 Å². The maximum absolute atomic E-state index is 12.1. The normalized spacial score (nSPS) is 14.3. The van der Waals surface area contributed by atoms with Gasteiger partial charge in [-0.2, -0.15) is 0 Å². The molecule has 0 atom stereocenters. The van der Waals surface area contributed by atoms with E-state index in [4.69, 9.17) is 0 Å². The zero-order valence-corrected chi connectivity index (χ0v) is 12.7. The molecule has 2 aromatic rings. The molecular formula is C13H12N6O3S. The first kappa shape index (κ1) is 15.2. The lowest BCUT2D eigenvalue weighted by Crippen LogP contribution is -2.37. The second-order valence-corrected chi connectivity index (χ2v) is 5.59. The van der Waals surface area contributed by atoms with Crippen LogP contribution in [0.2, 0.25) is 0 Å². The fourth-order valence-corrected chi connectivity index (χ4v) is 2.80. The third kappa shape index (κ3) is 3.37. The summed E-state index contributed by atoms with van der Waals surface area (Å²) in [5.41, 5.74) is 1.09. The number of aromatic nitrogens is 4. The van der Waals surface area contributed by atoms with Gasteiger partial charge in [-0.05, 0) is 28.6 Å². The number of thioether (sulfide) groups is 1. The van der Waals surface area contributed by atoms with E-state index in [1.54, 1.807) is 24.3 Å². The number of amides is 3. The molecule has 9 nitrogen and oxygen atoms in total. The number of carbonyl (C=O) groups excluding carboxylic acids is 3. The van der Waals surface area contributed by atoms with Crippen LogP contribution in [0.5, 0.6) is 0 Å². The maximum Gasteiger partial charge on any atom is 0.288 e. The summed E-state index contributed by atoms with van der Waals surface area (Å²) < 4.78 is 1.44. The summed E-state index contributed by atoms with van der Waals surface area (Å²) in [7, 11) is 0. The number of rotatable bonds is 5. The van der Waals surface area contributed by atoms with Crippen LogP contribution in [-0.2, 0) is 4.79 Å². The highest BCUT2D eigenvalue weighted by molar-refractivity contribution is 8.14. The fraction of sp³-hybridized carbons (Fsp3) is 0.231. The van der Waals surface area contributed by atoms with Crippen LogP contribution in [0.1, 0.15) is 10.4 Å². The van der Waals surface area contributed by atoms with Crippen LogP contribution in [0.25, 0.3) is 5.69 Å². The zero-order chi connectivity index (χ0) is 16.2. The van der Waals surface area contributed by atoms with Crippen molar-refractivity contribution >= 4 is 28.8 Å². The quantitative estimate of drug-likeness (QED) is 0.826. The molecule has 1 aromatic heterocycles. The average Bonchev–Trinajstić information content (AvgIpc) is 3.20. The van der Waals surface area contributed by atoms with E-state index in [1.165, 1.54) is 11.0 Å². The lowest BCUT2D eigenvalue weighted by molar-refractivity contribution is -0.124. The number of tetrazole rings is 1. The minimum Gasteiger partial charge on any atom is -0.350 e. The second kappa shape index (κ2) is 6.57.